The van der Waals surface area contributed by atoms with Gasteiger partial charge in [-0.15, -0.1) is 0 Å². The predicted molar refractivity (Wildman–Crippen MR) is 230 cm³/mol. The van der Waals surface area contributed by atoms with Gasteiger partial charge in [0.25, 0.3) is 0 Å². The largest absolute Gasteiger partial charge is 0.507 e. The number of nitrogens with two attached hydrogens (primary N) is 2. The van der Waals surface area contributed by atoms with E-state index in [0.717, 1.165) is 11.1 Å². The van der Waals surface area contributed by atoms with Gasteiger partial charge in [0.15, 0.2) is 17.3 Å². The summed E-state index contributed by atoms with van der Waals surface area (Å²) in [6.07, 6.45) is 1.08. The van der Waals surface area contributed by atoms with Gasteiger partial charge in [-0.1, -0.05) is 73.5 Å². The number of halogens is 1. The second-order valence-corrected chi connectivity index (χ2v) is 15.7. The third kappa shape index (κ3) is 11.4. The number of unbranched alkanes of at least 4 members (excludes halogenated alkanes) is 1. The smallest absolute Gasteiger partial charge is 0.226 e. The Balaban J connectivity index is 1.54. The van der Waals surface area contributed by atoms with Crippen molar-refractivity contribution < 1.29 is 33.8 Å². The molecular weight excluding hydrogens is 782 g/mol. The Labute approximate surface area is 355 Å². The van der Waals surface area contributed by atoms with Gasteiger partial charge < -0.3 is 31.5 Å². The van der Waals surface area contributed by atoms with E-state index in [0.29, 0.717) is 64.4 Å². The molecule has 0 fully saturated rings. The van der Waals surface area contributed by atoms with Crippen LogP contribution in [0.4, 0.5) is 0 Å². The van der Waals surface area contributed by atoms with E-state index in [1.165, 1.54) is 18.0 Å². The van der Waals surface area contributed by atoms with Crippen molar-refractivity contribution in [3.05, 3.63) is 107 Å². The molecule has 1 heterocycles. The molecule has 0 aromatic heterocycles. The minimum Gasteiger partial charge on any atom is -0.507 e. The van der Waals surface area contributed by atoms with Crippen LogP contribution in [0.2, 0.25) is 5.02 Å². The first-order valence-corrected chi connectivity index (χ1v) is 20.6. The fraction of sp³-hybridized carbons (Fsp3) is 0.362. The summed E-state index contributed by atoms with van der Waals surface area (Å²) in [5.41, 5.74) is 15.6. The van der Waals surface area contributed by atoms with Crippen molar-refractivity contribution in [1.29, 1.82) is 5.26 Å². The Bertz CT molecular complexity index is 2220. The highest BCUT2D eigenvalue weighted by Crippen LogP contribution is 2.40. The maximum atomic E-state index is 14.7. The summed E-state index contributed by atoms with van der Waals surface area (Å²) in [6.45, 7) is 2.33. The second kappa shape index (κ2) is 21.4. The van der Waals surface area contributed by atoms with Crippen molar-refractivity contribution in [3.8, 4) is 39.8 Å². The highest BCUT2D eigenvalue weighted by molar-refractivity contribution is 6.30. The number of carbonyl (C=O) groups is 5. The number of ketones is 3. The number of rotatable bonds is 16. The molecule has 0 spiro atoms. The first kappa shape index (κ1) is 45.2. The van der Waals surface area contributed by atoms with Crippen LogP contribution in [-0.4, -0.2) is 72.0 Å². The molecule has 0 unspecified atom stereocenters. The quantitative estimate of drug-likeness (QED) is 0.0691. The highest BCUT2D eigenvalue weighted by Gasteiger charge is 2.36. The van der Waals surface area contributed by atoms with Crippen molar-refractivity contribution in [2.45, 2.75) is 70.4 Å². The third-order valence-corrected chi connectivity index (χ3v) is 11.1. The van der Waals surface area contributed by atoms with Crippen molar-refractivity contribution in [1.82, 2.24) is 10.2 Å². The number of nitriles is 1. The SMILES string of the molecule is C[C@@H]1CC(=O)[C@@H](N(C)C(=O)[C@H](CCCCN)CC(=O)c2ccc(-c3ccc(Cl)cc3)cc2)c2ccc(OCCN)c(c2)-c2cc(ccc2O)C[C@@H](C(=O)CCC#N)NC1=O. The molecule has 0 saturated carbocycles. The van der Waals surface area contributed by atoms with Gasteiger partial charge in [-0.3, -0.25) is 24.0 Å². The van der Waals surface area contributed by atoms with Crippen molar-refractivity contribution in [2.24, 2.45) is 23.3 Å². The number of aromatic hydroxyl groups is 1. The minimum atomic E-state index is -1.22. The molecule has 4 atom stereocenters. The number of phenols is 1. The number of Topliss-reactive ketones (excluding diaryl/α,β-unsaturated/α-hetero) is 3. The molecule has 13 heteroatoms. The Hall–Kier alpha value is -5.87. The molecule has 2 amide bonds. The van der Waals surface area contributed by atoms with Gasteiger partial charge >= 0.3 is 0 Å². The third-order valence-electron chi connectivity index (χ3n) is 10.8. The zero-order valence-electron chi connectivity index (χ0n) is 34.0. The highest BCUT2D eigenvalue weighted by atomic mass is 35.5. The van der Waals surface area contributed by atoms with E-state index in [1.54, 1.807) is 61.5 Å². The molecule has 60 heavy (non-hydrogen) atoms. The summed E-state index contributed by atoms with van der Waals surface area (Å²) in [7, 11) is 1.51. The number of hydrogen-bond acceptors (Lipinski definition) is 10. The molecule has 4 bridgehead atoms. The van der Waals surface area contributed by atoms with E-state index in [9.17, 15) is 29.1 Å². The maximum Gasteiger partial charge on any atom is 0.226 e. The van der Waals surface area contributed by atoms with Gasteiger partial charge in [0.1, 0.15) is 24.1 Å². The molecule has 4 aromatic rings. The topological polar surface area (TPSA) is 206 Å². The van der Waals surface area contributed by atoms with Crippen LogP contribution in [0.25, 0.3) is 22.3 Å². The number of phenolic OH excluding ortho intramolecular Hbond substituents is 1. The molecule has 0 aliphatic carbocycles. The molecule has 0 saturated heterocycles. The number of amides is 2. The maximum absolute atomic E-state index is 14.7. The van der Waals surface area contributed by atoms with Crippen LogP contribution in [0, 0.1) is 23.2 Å². The van der Waals surface area contributed by atoms with Crippen molar-refractivity contribution in [2.75, 3.05) is 26.7 Å². The lowest BCUT2D eigenvalue weighted by molar-refractivity contribution is -0.142. The van der Waals surface area contributed by atoms with E-state index in [2.05, 4.69) is 5.32 Å². The van der Waals surface area contributed by atoms with E-state index < -0.39 is 41.5 Å². The monoisotopic (exact) mass is 833 g/mol. The lowest BCUT2D eigenvalue weighted by atomic mass is 9.87. The van der Waals surface area contributed by atoms with E-state index in [1.807, 2.05) is 30.3 Å². The molecule has 4 aromatic carbocycles. The molecule has 6 N–H and O–H groups in total. The molecule has 5 rings (SSSR count). The van der Waals surface area contributed by atoms with Crippen molar-refractivity contribution in [3.63, 3.8) is 0 Å². The van der Waals surface area contributed by atoms with Crippen LogP contribution in [-0.2, 0) is 25.6 Å². The molecular formula is C47H52ClN5O7. The van der Waals surface area contributed by atoms with Gasteiger partial charge in [0.05, 0.1) is 12.1 Å². The molecule has 1 aliphatic heterocycles. The summed E-state index contributed by atoms with van der Waals surface area (Å²) in [6, 6.07) is 24.0. The number of fused-ring (bicyclic) bond motifs is 5. The average molecular weight is 834 g/mol. The number of nitrogens with zero attached hydrogens (tertiary/aromatic N) is 2. The zero-order valence-corrected chi connectivity index (χ0v) is 34.8. The van der Waals surface area contributed by atoms with Crippen LogP contribution >= 0.6 is 11.6 Å². The molecule has 12 nitrogen and oxygen atoms in total. The fourth-order valence-corrected chi connectivity index (χ4v) is 7.65. The van der Waals surface area contributed by atoms with Crippen LogP contribution in [0.1, 0.15) is 79.4 Å². The minimum absolute atomic E-state index is 0.0355. The molecule has 0 radical (unpaired) electrons. The molecule has 1 aliphatic rings. The van der Waals surface area contributed by atoms with E-state index in [4.69, 9.17) is 33.1 Å². The average Bonchev–Trinajstić information content (AvgIpc) is 3.24. The first-order chi connectivity index (χ1) is 28.8. The Kier molecular flexibility index (Phi) is 16.1. The van der Waals surface area contributed by atoms with Gasteiger partial charge in [0.2, 0.25) is 11.8 Å². The summed E-state index contributed by atoms with van der Waals surface area (Å²) < 4.78 is 6.01. The predicted octanol–water partition coefficient (Wildman–Crippen LogP) is 6.74. The van der Waals surface area contributed by atoms with Crippen LogP contribution < -0.4 is 21.5 Å². The summed E-state index contributed by atoms with van der Waals surface area (Å²) in [4.78, 5) is 71.5. The van der Waals surface area contributed by atoms with E-state index >= 15 is 0 Å². The number of ether oxygens (including phenoxy) is 1. The van der Waals surface area contributed by atoms with Gasteiger partial charge in [-0.05, 0) is 84.5 Å². The van der Waals surface area contributed by atoms with Crippen LogP contribution in [0.15, 0.2) is 84.9 Å². The Morgan fingerprint density at radius 3 is 2.30 bits per heavy atom. The van der Waals surface area contributed by atoms with E-state index in [-0.39, 0.29) is 62.6 Å². The summed E-state index contributed by atoms with van der Waals surface area (Å²) in [5, 5.41) is 23.8. The van der Waals surface area contributed by atoms with Crippen molar-refractivity contribution >= 4 is 40.8 Å². The number of benzene rings is 4. The fourth-order valence-electron chi connectivity index (χ4n) is 7.52. The summed E-state index contributed by atoms with van der Waals surface area (Å²) in [5.74, 6) is -3.49. The number of hydrogen-bond donors (Lipinski definition) is 4. The standard InChI is InChI=1S/C47H52ClN5O7/c1-29-24-43(57)45(53(2)47(59)35(6-3-4-20-49)28-42(56)33-11-9-31(10-12-33)32-13-16-36(48)17-14-32)34-15-19-44(60-23-22-51)38(27-34)37-25-30(8-18-40(37)54)26-39(52-46(29)58)41(55)7-5-21-50/h8-19,25,27,29,35,39,45,54H,3-7,20,22-24,26,28,49,51H2,1-2H3,(H,52,58)/t29-,35-,39+,45+/m1/s1. The number of nitrogens with one attached hydrogen (secondary N) is 1. The lowest BCUT2D eigenvalue weighted by Crippen LogP contribution is -2.45. The normalized spacial score (nSPS) is 17.1. The summed E-state index contributed by atoms with van der Waals surface area (Å²) >= 11 is 6.06. The number of likely N-dealkylation sites (N-methyl/N-ethyl adjacent to an activating group) is 1. The van der Waals surface area contributed by atoms with Crippen LogP contribution in [0.5, 0.6) is 11.5 Å². The lowest BCUT2D eigenvalue weighted by Gasteiger charge is -2.32. The Morgan fingerprint density at radius 1 is 0.933 bits per heavy atom. The number of carbonyl (C=O) groups excluding carboxylic acids is 5. The zero-order chi connectivity index (χ0) is 43.3. The van der Waals surface area contributed by atoms with Crippen LogP contribution in [0.3, 0.4) is 0 Å². The Morgan fingerprint density at radius 2 is 1.63 bits per heavy atom. The first-order valence-electron chi connectivity index (χ1n) is 20.2. The molecule has 314 valence electrons. The second-order valence-electron chi connectivity index (χ2n) is 15.3. The van der Waals surface area contributed by atoms with Gasteiger partial charge in [-0.2, -0.15) is 5.26 Å². The van der Waals surface area contributed by atoms with Gasteiger partial charge in [-0.25, -0.2) is 0 Å². The van der Waals surface area contributed by atoms with Gasteiger partial charge in [0, 0.05) is 72.8 Å².